The summed E-state index contributed by atoms with van der Waals surface area (Å²) >= 11 is 0. The molecule has 2 aliphatic heterocycles. The minimum absolute atomic E-state index is 0.0751. The Morgan fingerprint density at radius 2 is 1.67 bits per heavy atom. The standard InChI is InChI=1S/C33H35N3O9/c1-5-43-32(38)29-24(34-33(39)35-30(29)22-9-13-26-28(17-22)45-19-44-26)18-36(31(37)21-7-10-23(40-2)11-8-21)15-14-20-6-12-25(41-3)27(16-20)42-4/h6-13,16-17,30H,5,14-15,18-19H2,1-4H3,(H2,34,35,39). The Kier molecular flexibility index (Phi) is 9.61. The average molecular weight is 618 g/mol. The first kappa shape index (κ1) is 31.0. The van der Waals surface area contributed by atoms with E-state index in [0.29, 0.717) is 46.3 Å². The summed E-state index contributed by atoms with van der Waals surface area (Å²) in [4.78, 5) is 42.0. The Labute approximate surface area is 260 Å². The Hall–Kier alpha value is -5.39. The molecule has 1 unspecified atom stereocenters. The van der Waals surface area contributed by atoms with Gasteiger partial charge >= 0.3 is 12.0 Å². The molecule has 0 saturated carbocycles. The molecule has 12 heteroatoms. The van der Waals surface area contributed by atoms with Crippen molar-refractivity contribution in [3.63, 3.8) is 0 Å². The number of urea groups is 1. The fourth-order valence-corrected chi connectivity index (χ4v) is 5.19. The van der Waals surface area contributed by atoms with Crippen LogP contribution in [0.15, 0.2) is 71.9 Å². The van der Waals surface area contributed by atoms with Crippen LogP contribution in [-0.2, 0) is 16.0 Å². The highest BCUT2D eigenvalue weighted by Gasteiger charge is 2.36. The summed E-state index contributed by atoms with van der Waals surface area (Å²) < 4.78 is 32.5. The topological polar surface area (TPSA) is 134 Å². The molecule has 0 aliphatic carbocycles. The van der Waals surface area contributed by atoms with Crippen LogP contribution in [-0.4, -0.2) is 70.6 Å². The highest BCUT2D eigenvalue weighted by molar-refractivity contribution is 5.97. The highest BCUT2D eigenvalue weighted by atomic mass is 16.7. The van der Waals surface area contributed by atoms with Crippen molar-refractivity contribution in [3.8, 4) is 28.7 Å². The second kappa shape index (κ2) is 13.9. The molecule has 1 atom stereocenters. The van der Waals surface area contributed by atoms with E-state index < -0.39 is 18.0 Å². The van der Waals surface area contributed by atoms with Gasteiger partial charge in [0, 0.05) is 12.1 Å². The number of nitrogens with zero attached hydrogens (tertiary/aromatic N) is 1. The van der Waals surface area contributed by atoms with Gasteiger partial charge in [-0.2, -0.15) is 0 Å². The predicted molar refractivity (Wildman–Crippen MR) is 163 cm³/mol. The van der Waals surface area contributed by atoms with E-state index in [2.05, 4.69) is 10.6 Å². The molecule has 2 N–H and O–H groups in total. The minimum atomic E-state index is -0.869. The lowest BCUT2D eigenvalue weighted by Crippen LogP contribution is -2.49. The number of rotatable bonds is 12. The van der Waals surface area contributed by atoms with Gasteiger partial charge in [-0.05, 0) is 73.0 Å². The van der Waals surface area contributed by atoms with Gasteiger partial charge in [-0.25, -0.2) is 9.59 Å². The van der Waals surface area contributed by atoms with E-state index in [1.54, 1.807) is 81.7 Å². The van der Waals surface area contributed by atoms with E-state index >= 15 is 0 Å². The zero-order valence-corrected chi connectivity index (χ0v) is 25.5. The normalized spacial score (nSPS) is 15.1. The van der Waals surface area contributed by atoms with E-state index in [1.165, 1.54) is 0 Å². The first-order chi connectivity index (χ1) is 21.8. The summed E-state index contributed by atoms with van der Waals surface area (Å²) in [6.45, 7) is 2.06. The summed E-state index contributed by atoms with van der Waals surface area (Å²) in [5.74, 6) is 1.88. The fourth-order valence-electron chi connectivity index (χ4n) is 5.19. The first-order valence-electron chi connectivity index (χ1n) is 14.4. The number of nitrogens with one attached hydrogen (secondary N) is 2. The van der Waals surface area contributed by atoms with Crippen LogP contribution in [0.1, 0.15) is 34.5 Å². The first-order valence-corrected chi connectivity index (χ1v) is 14.4. The Morgan fingerprint density at radius 3 is 2.38 bits per heavy atom. The molecule has 12 nitrogen and oxygen atoms in total. The zero-order chi connectivity index (χ0) is 31.9. The maximum absolute atomic E-state index is 14.0. The Bertz CT molecular complexity index is 1600. The molecule has 0 saturated heterocycles. The number of carbonyl (C=O) groups is 3. The minimum Gasteiger partial charge on any atom is -0.497 e. The van der Waals surface area contributed by atoms with Crippen LogP contribution in [0.2, 0.25) is 0 Å². The van der Waals surface area contributed by atoms with Crippen LogP contribution < -0.4 is 34.3 Å². The van der Waals surface area contributed by atoms with Crippen molar-refractivity contribution < 1.29 is 42.8 Å². The molecule has 45 heavy (non-hydrogen) atoms. The summed E-state index contributed by atoms with van der Waals surface area (Å²) in [5.41, 5.74) is 2.32. The van der Waals surface area contributed by atoms with E-state index in [4.69, 9.17) is 28.4 Å². The van der Waals surface area contributed by atoms with E-state index in [9.17, 15) is 14.4 Å². The fraction of sp³-hybridized carbons (Fsp3) is 0.303. The largest absolute Gasteiger partial charge is 0.497 e. The third-order valence-corrected chi connectivity index (χ3v) is 7.47. The van der Waals surface area contributed by atoms with Crippen LogP contribution in [0.3, 0.4) is 0 Å². The van der Waals surface area contributed by atoms with E-state index in [1.807, 2.05) is 12.1 Å². The predicted octanol–water partition coefficient (Wildman–Crippen LogP) is 4.00. The number of amides is 3. The Morgan fingerprint density at radius 1 is 0.911 bits per heavy atom. The molecule has 236 valence electrons. The van der Waals surface area contributed by atoms with Gasteiger partial charge in [0.2, 0.25) is 6.79 Å². The van der Waals surface area contributed by atoms with Crippen LogP contribution in [0.25, 0.3) is 0 Å². The number of ether oxygens (including phenoxy) is 6. The third kappa shape index (κ3) is 6.90. The van der Waals surface area contributed by atoms with Gasteiger partial charge in [-0.15, -0.1) is 0 Å². The second-order valence-corrected chi connectivity index (χ2v) is 10.2. The van der Waals surface area contributed by atoms with Crippen LogP contribution in [0.4, 0.5) is 4.79 Å². The summed E-state index contributed by atoms with van der Waals surface area (Å²) in [7, 11) is 4.67. The van der Waals surface area contributed by atoms with Crippen molar-refractivity contribution in [2.24, 2.45) is 0 Å². The number of methoxy groups -OCH3 is 3. The van der Waals surface area contributed by atoms with Gasteiger partial charge in [0.05, 0.1) is 51.8 Å². The van der Waals surface area contributed by atoms with Crippen molar-refractivity contribution in [1.82, 2.24) is 15.5 Å². The molecule has 2 aliphatic rings. The third-order valence-electron chi connectivity index (χ3n) is 7.47. The molecule has 0 spiro atoms. The summed E-state index contributed by atoms with van der Waals surface area (Å²) in [6, 6.07) is 16.1. The molecule has 3 aromatic carbocycles. The number of esters is 1. The van der Waals surface area contributed by atoms with Crippen LogP contribution >= 0.6 is 0 Å². The second-order valence-electron chi connectivity index (χ2n) is 10.2. The number of carbonyl (C=O) groups excluding carboxylic acids is 3. The molecular weight excluding hydrogens is 582 g/mol. The van der Waals surface area contributed by atoms with Crippen molar-refractivity contribution >= 4 is 17.9 Å². The van der Waals surface area contributed by atoms with Crippen molar-refractivity contribution in [2.75, 3.05) is 47.8 Å². The lowest BCUT2D eigenvalue weighted by atomic mass is 9.94. The molecular formula is C33H35N3O9. The van der Waals surface area contributed by atoms with Crippen LogP contribution in [0.5, 0.6) is 28.7 Å². The lowest BCUT2D eigenvalue weighted by molar-refractivity contribution is -0.139. The van der Waals surface area contributed by atoms with E-state index in [-0.39, 0.29) is 43.7 Å². The molecule has 2 heterocycles. The number of hydrogen-bond donors (Lipinski definition) is 2. The maximum Gasteiger partial charge on any atom is 0.338 e. The average Bonchev–Trinajstić information content (AvgIpc) is 3.54. The maximum atomic E-state index is 14.0. The number of fused-ring (bicyclic) bond motifs is 1. The van der Waals surface area contributed by atoms with Crippen LogP contribution in [0, 0.1) is 0 Å². The van der Waals surface area contributed by atoms with Crippen molar-refractivity contribution in [2.45, 2.75) is 19.4 Å². The number of benzene rings is 3. The van der Waals surface area contributed by atoms with Gasteiger partial charge in [0.15, 0.2) is 23.0 Å². The van der Waals surface area contributed by atoms with Gasteiger partial charge in [0.25, 0.3) is 5.91 Å². The smallest absolute Gasteiger partial charge is 0.338 e. The molecule has 0 fully saturated rings. The van der Waals surface area contributed by atoms with E-state index in [0.717, 1.165) is 5.56 Å². The highest BCUT2D eigenvalue weighted by Crippen LogP contribution is 2.37. The summed E-state index contributed by atoms with van der Waals surface area (Å²) in [6.07, 6.45) is 0.446. The quantitative estimate of drug-likeness (QED) is 0.289. The van der Waals surface area contributed by atoms with Gasteiger partial charge in [0.1, 0.15) is 5.75 Å². The SMILES string of the molecule is CCOC(=O)C1=C(CN(CCc2ccc(OC)c(OC)c2)C(=O)c2ccc(OC)cc2)NC(=O)NC1c1ccc2c(c1)OCO2. The Balaban J connectivity index is 1.52. The summed E-state index contributed by atoms with van der Waals surface area (Å²) in [5, 5.41) is 5.59. The van der Waals surface area contributed by atoms with Gasteiger partial charge in [-0.1, -0.05) is 12.1 Å². The molecule has 3 amide bonds. The molecule has 3 aromatic rings. The van der Waals surface area contributed by atoms with Crippen molar-refractivity contribution in [1.29, 1.82) is 0 Å². The van der Waals surface area contributed by atoms with Crippen molar-refractivity contribution in [3.05, 3.63) is 88.6 Å². The monoisotopic (exact) mass is 617 g/mol. The van der Waals surface area contributed by atoms with Gasteiger partial charge < -0.3 is 44.0 Å². The van der Waals surface area contributed by atoms with Gasteiger partial charge in [-0.3, -0.25) is 4.79 Å². The molecule has 0 bridgehead atoms. The molecule has 0 radical (unpaired) electrons. The molecule has 5 rings (SSSR count). The molecule has 0 aromatic heterocycles. The lowest BCUT2D eigenvalue weighted by Gasteiger charge is -2.32. The zero-order valence-electron chi connectivity index (χ0n) is 25.5. The number of hydrogen-bond acceptors (Lipinski definition) is 9.